The third kappa shape index (κ3) is 5.16. The van der Waals surface area contributed by atoms with E-state index in [1.807, 2.05) is 24.8 Å². The highest BCUT2D eigenvalue weighted by Crippen LogP contribution is 2.22. The summed E-state index contributed by atoms with van der Waals surface area (Å²) in [4.78, 5) is 14.9. The molecule has 29 heavy (non-hydrogen) atoms. The maximum absolute atomic E-state index is 12.8. The van der Waals surface area contributed by atoms with Gasteiger partial charge in [0.1, 0.15) is 0 Å². The molecule has 1 saturated heterocycles. The number of aryl methyl sites for hydroxylation is 2. The summed E-state index contributed by atoms with van der Waals surface area (Å²) in [6, 6.07) is 11.9. The summed E-state index contributed by atoms with van der Waals surface area (Å²) in [7, 11) is -3.70. The summed E-state index contributed by atoms with van der Waals surface area (Å²) in [5.41, 5.74) is 2.53. The fourth-order valence-corrected chi connectivity index (χ4v) is 4.85. The molecule has 0 aliphatic carbocycles. The van der Waals surface area contributed by atoms with Crippen molar-refractivity contribution < 1.29 is 17.9 Å². The van der Waals surface area contributed by atoms with Crippen molar-refractivity contribution >= 4 is 21.6 Å². The summed E-state index contributed by atoms with van der Waals surface area (Å²) in [5.74, 6) is 0.325. The molecule has 156 valence electrons. The molecule has 0 radical (unpaired) electrons. The molecule has 1 unspecified atom stereocenters. The number of nitrogens with one attached hydrogen (secondary N) is 1. The Balaban J connectivity index is 1.72. The zero-order valence-corrected chi connectivity index (χ0v) is 18.0. The average molecular weight is 417 g/mol. The number of sulfonamides is 1. The monoisotopic (exact) mass is 416 g/mol. The lowest BCUT2D eigenvalue weighted by atomic mass is 10.1. The van der Waals surface area contributed by atoms with Gasteiger partial charge in [-0.3, -0.25) is 9.52 Å². The Morgan fingerprint density at radius 1 is 1.17 bits per heavy atom. The van der Waals surface area contributed by atoms with Crippen LogP contribution in [0.25, 0.3) is 0 Å². The molecule has 3 rings (SSSR count). The van der Waals surface area contributed by atoms with Gasteiger partial charge in [-0.25, -0.2) is 8.42 Å². The number of nitrogens with zero attached hydrogens (tertiary/aromatic N) is 1. The SMILES string of the molecule is CCN(CC1CCOC1)C(=O)c1ccc(NS(=O)(=O)c2cc(C)ccc2C)cc1. The summed E-state index contributed by atoms with van der Waals surface area (Å²) in [6.45, 7) is 8.34. The predicted molar refractivity (Wildman–Crippen MR) is 114 cm³/mol. The van der Waals surface area contributed by atoms with Crippen LogP contribution in [0.3, 0.4) is 0 Å². The Morgan fingerprint density at radius 3 is 2.52 bits per heavy atom. The van der Waals surface area contributed by atoms with Crippen LogP contribution in [0.5, 0.6) is 0 Å². The van der Waals surface area contributed by atoms with Crippen molar-refractivity contribution in [2.45, 2.75) is 32.1 Å². The topological polar surface area (TPSA) is 75.7 Å². The van der Waals surface area contributed by atoms with Gasteiger partial charge in [-0.1, -0.05) is 12.1 Å². The number of anilines is 1. The van der Waals surface area contributed by atoms with Gasteiger partial charge in [-0.15, -0.1) is 0 Å². The molecule has 7 heteroatoms. The first kappa shape index (κ1) is 21.3. The van der Waals surface area contributed by atoms with Crippen LogP contribution in [-0.4, -0.2) is 45.5 Å². The molecule has 0 spiro atoms. The first-order valence-corrected chi connectivity index (χ1v) is 11.4. The summed E-state index contributed by atoms with van der Waals surface area (Å²) in [6.07, 6.45) is 0.975. The van der Waals surface area contributed by atoms with Crippen LogP contribution in [0.4, 0.5) is 5.69 Å². The van der Waals surface area contributed by atoms with E-state index in [1.165, 1.54) is 0 Å². The van der Waals surface area contributed by atoms with Crippen molar-refractivity contribution in [3.05, 3.63) is 59.2 Å². The molecule has 1 heterocycles. The number of carbonyl (C=O) groups is 1. The van der Waals surface area contributed by atoms with Crippen molar-refractivity contribution in [3.63, 3.8) is 0 Å². The number of benzene rings is 2. The molecule has 1 amide bonds. The van der Waals surface area contributed by atoms with Crippen LogP contribution in [0.15, 0.2) is 47.4 Å². The third-order valence-electron chi connectivity index (χ3n) is 5.19. The van der Waals surface area contributed by atoms with Gasteiger partial charge in [-0.05, 0) is 68.7 Å². The van der Waals surface area contributed by atoms with Crippen LogP contribution >= 0.6 is 0 Å². The number of carbonyl (C=O) groups excluding carboxylic acids is 1. The second kappa shape index (κ2) is 8.97. The maximum atomic E-state index is 12.8. The fraction of sp³-hybridized carbons (Fsp3) is 0.409. The fourth-order valence-electron chi connectivity index (χ4n) is 3.46. The number of ether oxygens (including phenoxy) is 1. The quantitative estimate of drug-likeness (QED) is 0.748. The van der Waals surface area contributed by atoms with Gasteiger partial charge < -0.3 is 9.64 Å². The Morgan fingerprint density at radius 2 is 1.90 bits per heavy atom. The van der Waals surface area contributed by atoms with Crippen molar-refractivity contribution in [3.8, 4) is 0 Å². The van der Waals surface area contributed by atoms with Gasteiger partial charge in [0.15, 0.2) is 0 Å². The van der Waals surface area contributed by atoms with E-state index in [1.54, 1.807) is 43.3 Å². The maximum Gasteiger partial charge on any atom is 0.262 e. The molecule has 1 atom stereocenters. The zero-order valence-electron chi connectivity index (χ0n) is 17.1. The third-order valence-corrected chi connectivity index (χ3v) is 6.71. The van der Waals surface area contributed by atoms with Crippen LogP contribution < -0.4 is 4.72 Å². The highest BCUT2D eigenvalue weighted by Gasteiger charge is 2.23. The lowest BCUT2D eigenvalue weighted by molar-refractivity contribution is 0.0731. The molecular formula is C22H28N2O4S. The first-order valence-electron chi connectivity index (χ1n) is 9.87. The Hall–Kier alpha value is -2.38. The second-order valence-electron chi connectivity index (χ2n) is 7.53. The number of amides is 1. The number of hydrogen-bond acceptors (Lipinski definition) is 4. The van der Waals surface area contributed by atoms with E-state index in [-0.39, 0.29) is 10.8 Å². The molecule has 2 aromatic carbocycles. The number of rotatable bonds is 7. The molecule has 1 N–H and O–H groups in total. The molecule has 0 saturated carbocycles. The normalized spacial score (nSPS) is 16.6. The minimum absolute atomic E-state index is 0.0525. The van der Waals surface area contributed by atoms with E-state index in [0.717, 1.165) is 18.6 Å². The van der Waals surface area contributed by atoms with Gasteiger partial charge in [-0.2, -0.15) is 0 Å². The van der Waals surface area contributed by atoms with E-state index in [4.69, 9.17) is 4.74 Å². The minimum Gasteiger partial charge on any atom is -0.381 e. The van der Waals surface area contributed by atoms with E-state index in [2.05, 4.69) is 4.72 Å². The zero-order chi connectivity index (χ0) is 21.0. The molecule has 1 aliphatic heterocycles. The lowest BCUT2D eigenvalue weighted by Crippen LogP contribution is -2.35. The smallest absolute Gasteiger partial charge is 0.262 e. The van der Waals surface area contributed by atoms with E-state index in [9.17, 15) is 13.2 Å². The molecular weight excluding hydrogens is 388 g/mol. The standard InChI is InChI=1S/C22H28N2O4S/c1-4-24(14-18-11-12-28-15-18)22(25)19-7-9-20(10-8-19)23-29(26,27)21-13-16(2)5-6-17(21)3/h5-10,13,18,23H,4,11-12,14-15H2,1-3H3. The Bertz CT molecular complexity index is 965. The molecule has 2 aromatic rings. The summed E-state index contributed by atoms with van der Waals surface area (Å²) in [5, 5.41) is 0. The largest absolute Gasteiger partial charge is 0.381 e. The summed E-state index contributed by atoms with van der Waals surface area (Å²) < 4.78 is 33.5. The van der Waals surface area contributed by atoms with Crippen molar-refractivity contribution in [1.29, 1.82) is 0 Å². The van der Waals surface area contributed by atoms with Crippen molar-refractivity contribution in [2.24, 2.45) is 5.92 Å². The highest BCUT2D eigenvalue weighted by atomic mass is 32.2. The second-order valence-corrected chi connectivity index (χ2v) is 9.18. The van der Waals surface area contributed by atoms with Gasteiger partial charge in [0.25, 0.3) is 15.9 Å². The lowest BCUT2D eigenvalue weighted by Gasteiger charge is -2.24. The van der Waals surface area contributed by atoms with Gasteiger partial charge in [0.2, 0.25) is 0 Å². The van der Waals surface area contributed by atoms with Crippen LogP contribution in [-0.2, 0) is 14.8 Å². The van der Waals surface area contributed by atoms with Gasteiger partial charge in [0, 0.05) is 36.9 Å². The first-order chi connectivity index (χ1) is 13.8. The molecule has 1 fully saturated rings. The van der Waals surface area contributed by atoms with Gasteiger partial charge >= 0.3 is 0 Å². The molecule has 0 aromatic heterocycles. The molecule has 0 bridgehead atoms. The molecule has 6 nitrogen and oxygen atoms in total. The minimum atomic E-state index is -3.70. The van der Waals surface area contributed by atoms with Gasteiger partial charge in [0.05, 0.1) is 11.5 Å². The van der Waals surface area contributed by atoms with Crippen LogP contribution in [0, 0.1) is 19.8 Å². The average Bonchev–Trinajstić information content (AvgIpc) is 3.21. The van der Waals surface area contributed by atoms with E-state index in [0.29, 0.717) is 42.4 Å². The van der Waals surface area contributed by atoms with Crippen molar-refractivity contribution in [2.75, 3.05) is 31.0 Å². The van der Waals surface area contributed by atoms with Crippen LogP contribution in [0.1, 0.15) is 34.8 Å². The van der Waals surface area contributed by atoms with Crippen LogP contribution in [0.2, 0.25) is 0 Å². The highest BCUT2D eigenvalue weighted by molar-refractivity contribution is 7.92. The van der Waals surface area contributed by atoms with E-state index < -0.39 is 10.0 Å². The Labute approximate surface area is 172 Å². The van der Waals surface area contributed by atoms with E-state index >= 15 is 0 Å². The predicted octanol–water partition coefficient (Wildman–Crippen LogP) is 3.60. The number of hydrogen-bond donors (Lipinski definition) is 1. The Kier molecular flexibility index (Phi) is 6.59. The summed E-state index contributed by atoms with van der Waals surface area (Å²) >= 11 is 0. The molecule has 1 aliphatic rings. The van der Waals surface area contributed by atoms with Crippen molar-refractivity contribution in [1.82, 2.24) is 4.90 Å².